The van der Waals surface area contributed by atoms with E-state index in [0.29, 0.717) is 24.1 Å². The minimum absolute atomic E-state index is 0.0128. The van der Waals surface area contributed by atoms with Crippen molar-refractivity contribution in [3.63, 3.8) is 0 Å². The summed E-state index contributed by atoms with van der Waals surface area (Å²) in [4.78, 5) is 14.2. The monoisotopic (exact) mass is 348 g/mol. The molecule has 1 unspecified atom stereocenters. The molecule has 0 aromatic heterocycles. The normalized spacial score (nSPS) is 17.4. The number of nitrogens with zero attached hydrogens (tertiary/aromatic N) is 1. The molecule has 5 nitrogen and oxygen atoms in total. The van der Waals surface area contributed by atoms with Crippen molar-refractivity contribution in [1.82, 2.24) is 4.90 Å². The number of carbonyl (C=O) groups excluding carboxylic acids is 1. The van der Waals surface area contributed by atoms with Gasteiger partial charge in [0.1, 0.15) is 5.75 Å². The Balaban J connectivity index is 1.93. The molecular weight excluding hydrogens is 316 g/mol. The standard InChI is InChI=1S/C20H32N2O3/c1-20(2,3)15-10-11-18(24-5)17(14-15)21-19(23)22(4)12-6-8-16-9-7-13-25-16/h10-11,14,16H,6-9,12-13H2,1-5H3,(H,21,23). The predicted molar refractivity (Wildman–Crippen MR) is 102 cm³/mol. The summed E-state index contributed by atoms with van der Waals surface area (Å²) in [6.07, 6.45) is 4.64. The Morgan fingerprint density at radius 2 is 2.16 bits per heavy atom. The highest BCUT2D eigenvalue weighted by Gasteiger charge is 2.19. The largest absolute Gasteiger partial charge is 0.495 e. The maximum Gasteiger partial charge on any atom is 0.321 e. The first-order valence-corrected chi connectivity index (χ1v) is 9.13. The zero-order chi connectivity index (χ0) is 18.4. The van der Waals surface area contributed by atoms with Crippen molar-refractivity contribution in [2.75, 3.05) is 32.6 Å². The highest BCUT2D eigenvalue weighted by molar-refractivity contribution is 5.91. The maximum atomic E-state index is 12.5. The molecule has 0 saturated carbocycles. The molecule has 25 heavy (non-hydrogen) atoms. The number of ether oxygens (including phenoxy) is 2. The van der Waals surface area contributed by atoms with Crippen molar-refractivity contribution < 1.29 is 14.3 Å². The van der Waals surface area contributed by atoms with Crippen molar-refractivity contribution in [3.05, 3.63) is 23.8 Å². The molecule has 1 aromatic rings. The number of amides is 2. The van der Waals surface area contributed by atoms with E-state index in [4.69, 9.17) is 9.47 Å². The molecular formula is C20H32N2O3. The van der Waals surface area contributed by atoms with Crippen LogP contribution >= 0.6 is 0 Å². The Bertz CT molecular complexity index is 575. The van der Waals surface area contributed by atoms with Crippen LogP contribution in [0.4, 0.5) is 10.5 Å². The first-order chi connectivity index (χ1) is 11.8. The predicted octanol–water partition coefficient (Wildman–Crippen LogP) is 4.42. The average Bonchev–Trinajstić information content (AvgIpc) is 3.07. The van der Waals surface area contributed by atoms with Gasteiger partial charge in [-0.25, -0.2) is 4.79 Å². The van der Waals surface area contributed by atoms with Gasteiger partial charge >= 0.3 is 6.03 Å². The van der Waals surface area contributed by atoms with Crippen LogP contribution in [0.1, 0.15) is 52.0 Å². The lowest BCUT2D eigenvalue weighted by Gasteiger charge is -2.23. The second kappa shape index (κ2) is 8.56. The molecule has 1 heterocycles. The molecule has 140 valence electrons. The van der Waals surface area contributed by atoms with Gasteiger partial charge in [-0.05, 0) is 48.8 Å². The Morgan fingerprint density at radius 3 is 2.76 bits per heavy atom. The van der Waals surface area contributed by atoms with Gasteiger partial charge in [0, 0.05) is 20.2 Å². The number of rotatable bonds is 6. The number of methoxy groups -OCH3 is 1. The van der Waals surface area contributed by atoms with E-state index in [1.54, 1.807) is 12.0 Å². The van der Waals surface area contributed by atoms with Gasteiger partial charge in [0.25, 0.3) is 0 Å². The van der Waals surface area contributed by atoms with Crippen LogP contribution < -0.4 is 10.1 Å². The van der Waals surface area contributed by atoms with Crippen LogP contribution in [-0.2, 0) is 10.2 Å². The summed E-state index contributed by atoms with van der Waals surface area (Å²) >= 11 is 0. The van der Waals surface area contributed by atoms with Crippen LogP contribution in [-0.4, -0.2) is 44.3 Å². The fourth-order valence-electron chi connectivity index (χ4n) is 3.01. The van der Waals surface area contributed by atoms with E-state index >= 15 is 0 Å². The molecule has 1 aliphatic rings. The smallest absolute Gasteiger partial charge is 0.321 e. The van der Waals surface area contributed by atoms with E-state index in [1.165, 1.54) is 0 Å². The van der Waals surface area contributed by atoms with Crippen molar-refractivity contribution in [2.24, 2.45) is 0 Å². The van der Waals surface area contributed by atoms with Gasteiger partial charge in [0.15, 0.2) is 0 Å². The number of urea groups is 1. The van der Waals surface area contributed by atoms with Crippen molar-refractivity contribution in [2.45, 2.75) is 58.0 Å². The number of hydrogen-bond acceptors (Lipinski definition) is 3. The number of nitrogens with one attached hydrogen (secondary N) is 1. The van der Waals surface area contributed by atoms with Gasteiger partial charge in [0.2, 0.25) is 0 Å². The lowest BCUT2D eigenvalue weighted by atomic mass is 9.87. The molecule has 2 amide bonds. The Hall–Kier alpha value is -1.75. The Labute approximate surface area is 151 Å². The highest BCUT2D eigenvalue weighted by atomic mass is 16.5. The van der Waals surface area contributed by atoms with E-state index in [1.807, 2.05) is 25.2 Å². The lowest BCUT2D eigenvalue weighted by molar-refractivity contribution is 0.101. The zero-order valence-corrected chi connectivity index (χ0v) is 16.2. The minimum atomic E-state index is -0.114. The van der Waals surface area contributed by atoms with Gasteiger partial charge in [-0.2, -0.15) is 0 Å². The number of anilines is 1. The quantitative estimate of drug-likeness (QED) is 0.828. The summed E-state index contributed by atoms with van der Waals surface area (Å²) in [5, 5.41) is 2.98. The van der Waals surface area contributed by atoms with Gasteiger partial charge in [-0.15, -0.1) is 0 Å². The van der Waals surface area contributed by atoms with Crippen molar-refractivity contribution in [3.8, 4) is 5.75 Å². The molecule has 1 atom stereocenters. The molecule has 1 N–H and O–H groups in total. The summed E-state index contributed by atoms with van der Waals surface area (Å²) in [5.74, 6) is 0.675. The van der Waals surface area contributed by atoms with Crippen LogP contribution in [0.15, 0.2) is 18.2 Å². The molecule has 5 heteroatoms. The van der Waals surface area contributed by atoms with Crippen molar-refractivity contribution >= 4 is 11.7 Å². The molecule has 1 aliphatic heterocycles. The summed E-state index contributed by atoms with van der Waals surface area (Å²) in [6.45, 7) is 8.05. The Morgan fingerprint density at radius 1 is 1.40 bits per heavy atom. The van der Waals surface area contributed by atoms with Gasteiger partial charge < -0.3 is 19.7 Å². The van der Waals surface area contributed by atoms with E-state index < -0.39 is 0 Å². The lowest BCUT2D eigenvalue weighted by Crippen LogP contribution is -2.32. The molecule has 0 spiro atoms. The van der Waals surface area contributed by atoms with E-state index in [2.05, 4.69) is 26.1 Å². The average molecular weight is 348 g/mol. The Kier molecular flexibility index (Phi) is 6.71. The second-order valence-electron chi connectivity index (χ2n) is 7.79. The van der Waals surface area contributed by atoms with Crippen LogP contribution in [0.5, 0.6) is 5.75 Å². The van der Waals surface area contributed by atoms with Crippen molar-refractivity contribution in [1.29, 1.82) is 0 Å². The second-order valence-corrected chi connectivity index (χ2v) is 7.79. The molecule has 0 aliphatic carbocycles. The van der Waals surface area contributed by atoms with Gasteiger partial charge in [-0.1, -0.05) is 26.8 Å². The topological polar surface area (TPSA) is 50.8 Å². The first-order valence-electron chi connectivity index (χ1n) is 9.13. The first kappa shape index (κ1) is 19.6. The fourth-order valence-corrected chi connectivity index (χ4v) is 3.01. The van der Waals surface area contributed by atoms with E-state index in [9.17, 15) is 4.79 Å². The van der Waals surface area contributed by atoms with E-state index in [0.717, 1.165) is 37.9 Å². The molecule has 0 bridgehead atoms. The molecule has 1 fully saturated rings. The summed E-state index contributed by atoms with van der Waals surface area (Å²) in [6, 6.07) is 5.83. The minimum Gasteiger partial charge on any atom is -0.495 e. The summed E-state index contributed by atoms with van der Waals surface area (Å²) < 4.78 is 11.0. The zero-order valence-electron chi connectivity index (χ0n) is 16.2. The third-order valence-corrected chi connectivity index (χ3v) is 4.70. The van der Waals surface area contributed by atoms with E-state index in [-0.39, 0.29) is 11.4 Å². The number of hydrogen-bond donors (Lipinski definition) is 1. The molecule has 2 rings (SSSR count). The van der Waals surface area contributed by atoms with Crippen LogP contribution in [0.3, 0.4) is 0 Å². The maximum absolute atomic E-state index is 12.5. The van der Waals surface area contributed by atoms with Crippen LogP contribution in [0.2, 0.25) is 0 Å². The third kappa shape index (κ3) is 5.63. The van der Waals surface area contributed by atoms with Crippen LogP contribution in [0.25, 0.3) is 0 Å². The van der Waals surface area contributed by atoms with Gasteiger partial charge in [-0.3, -0.25) is 0 Å². The van der Waals surface area contributed by atoms with Crippen LogP contribution in [0, 0.1) is 0 Å². The summed E-state index contributed by atoms with van der Waals surface area (Å²) in [5.41, 5.74) is 1.88. The summed E-state index contributed by atoms with van der Waals surface area (Å²) in [7, 11) is 3.44. The highest BCUT2D eigenvalue weighted by Crippen LogP contribution is 2.31. The fraction of sp³-hybridized carbons (Fsp3) is 0.650. The number of benzene rings is 1. The third-order valence-electron chi connectivity index (χ3n) is 4.70. The number of carbonyl (C=O) groups is 1. The molecule has 1 saturated heterocycles. The molecule has 1 aromatic carbocycles. The SMILES string of the molecule is COc1ccc(C(C)(C)C)cc1NC(=O)N(C)CCCC1CCCO1. The van der Waals surface area contributed by atoms with Gasteiger partial charge in [0.05, 0.1) is 18.9 Å². The molecule has 0 radical (unpaired) electrons.